The predicted molar refractivity (Wildman–Crippen MR) is 304 cm³/mol. The average Bonchev–Trinajstić information content (AvgIpc) is 3.46. The molecule has 0 spiro atoms. The summed E-state index contributed by atoms with van der Waals surface area (Å²) in [7, 11) is 0. The lowest BCUT2D eigenvalue weighted by Gasteiger charge is -2.70. The van der Waals surface area contributed by atoms with Crippen molar-refractivity contribution < 1.29 is 0 Å². The van der Waals surface area contributed by atoms with Gasteiger partial charge in [0.2, 0.25) is 0 Å². The van der Waals surface area contributed by atoms with Gasteiger partial charge in [-0.1, -0.05) is 172 Å². The van der Waals surface area contributed by atoms with Gasteiger partial charge in [0.15, 0.2) is 0 Å². The van der Waals surface area contributed by atoms with Crippen molar-refractivity contribution in [3.05, 3.63) is 249 Å². The van der Waals surface area contributed by atoms with Crippen molar-refractivity contribution >= 4 is 0 Å². The molecule has 8 aliphatic carbocycles. The molecular formula is C74H66. The smallest absolute Gasteiger partial charge is 0.0264 e. The van der Waals surface area contributed by atoms with Crippen molar-refractivity contribution in [3.8, 4) is 47.4 Å². The van der Waals surface area contributed by atoms with Crippen molar-refractivity contribution in [3.63, 3.8) is 0 Å². The molecule has 362 valence electrons. The zero-order valence-electron chi connectivity index (χ0n) is 43.8. The lowest BCUT2D eigenvalue weighted by atomic mass is 9.34. The van der Waals surface area contributed by atoms with Gasteiger partial charge in [-0.15, -0.1) is 0 Å². The summed E-state index contributed by atoms with van der Waals surface area (Å²) in [6.45, 7) is 10.5. The monoisotopic (exact) mass is 955 g/mol. The molecular weight excluding hydrogens is 889 g/mol. The quantitative estimate of drug-likeness (QED) is 0.154. The third-order valence-electron chi connectivity index (χ3n) is 18.9. The van der Waals surface area contributed by atoms with Crippen LogP contribution in [0.1, 0.15) is 172 Å². The van der Waals surface area contributed by atoms with Gasteiger partial charge in [0, 0.05) is 44.5 Å². The Bertz CT molecular complexity index is 3160. The van der Waals surface area contributed by atoms with E-state index in [1.807, 2.05) is 0 Å². The molecule has 0 saturated heterocycles. The molecule has 0 radical (unpaired) electrons. The minimum absolute atomic E-state index is 0.0460. The molecule has 8 fully saturated rings. The van der Waals surface area contributed by atoms with Gasteiger partial charge < -0.3 is 0 Å². The van der Waals surface area contributed by atoms with Crippen LogP contribution in [0.4, 0.5) is 0 Å². The van der Waals surface area contributed by atoms with Gasteiger partial charge >= 0.3 is 0 Å². The summed E-state index contributed by atoms with van der Waals surface area (Å²) in [5.41, 5.74) is 15.7. The molecule has 0 nitrogen and oxygen atoms in total. The Morgan fingerprint density at radius 3 is 0.676 bits per heavy atom. The van der Waals surface area contributed by atoms with Gasteiger partial charge in [-0.2, -0.15) is 0 Å². The fourth-order valence-electron chi connectivity index (χ4n) is 18.6. The van der Waals surface area contributed by atoms with E-state index in [1.54, 1.807) is 11.1 Å². The Morgan fingerprint density at radius 2 is 0.432 bits per heavy atom. The predicted octanol–water partition coefficient (Wildman–Crippen LogP) is 16.4. The summed E-state index contributed by atoms with van der Waals surface area (Å²) in [6.07, 6.45) is 14.9. The first-order chi connectivity index (χ1) is 35.7. The van der Waals surface area contributed by atoms with Crippen molar-refractivity contribution in [1.29, 1.82) is 0 Å². The van der Waals surface area contributed by atoms with Crippen LogP contribution in [-0.4, -0.2) is 0 Å². The fourth-order valence-corrected chi connectivity index (χ4v) is 18.6. The van der Waals surface area contributed by atoms with Crippen LogP contribution in [0, 0.1) is 69.0 Å². The molecule has 0 aromatic heterocycles. The van der Waals surface area contributed by atoms with Gasteiger partial charge in [0.25, 0.3) is 0 Å². The maximum atomic E-state index is 3.61. The van der Waals surface area contributed by atoms with Gasteiger partial charge in [-0.25, -0.2) is 0 Å². The third-order valence-corrected chi connectivity index (χ3v) is 18.9. The molecule has 8 aliphatic rings. The minimum Gasteiger partial charge on any atom is -0.0622 e. The highest BCUT2D eigenvalue weighted by Gasteiger charge is 2.68. The maximum absolute atomic E-state index is 3.61. The molecule has 0 heteroatoms. The number of hydrogen-bond donors (Lipinski definition) is 0. The number of rotatable bonds is 4. The van der Waals surface area contributed by atoms with Gasteiger partial charge in [-0.05, 0) is 228 Å². The van der Waals surface area contributed by atoms with E-state index in [4.69, 9.17) is 0 Å². The molecule has 7 aromatic carbocycles. The molecule has 74 heavy (non-hydrogen) atoms. The Morgan fingerprint density at radius 1 is 0.216 bits per heavy atom. The normalized spacial score (nSPS) is 31.4. The first kappa shape index (κ1) is 46.6. The van der Waals surface area contributed by atoms with E-state index in [0.29, 0.717) is 0 Å². The van der Waals surface area contributed by atoms with Crippen molar-refractivity contribution in [1.82, 2.24) is 0 Å². The number of benzene rings is 7. The van der Waals surface area contributed by atoms with E-state index in [0.717, 1.165) is 44.5 Å². The second-order valence-corrected chi connectivity index (χ2v) is 26.1. The average molecular weight is 955 g/mol. The van der Waals surface area contributed by atoms with E-state index in [9.17, 15) is 0 Å². The van der Waals surface area contributed by atoms with E-state index >= 15 is 0 Å². The Labute approximate surface area is 441 Å². The highest BCUT2D eigenvalue weighted by Crippen LogP contribution is 2.76. The van der Waals surface area contributed by atoms with Crippen LogP contribution in [0.5, 0.6) is 0 Å². The molecule has 0 heterocycles. The van der Waals surface area contributed by atoms with Gasteiger partial charge in [0.05, 0.1) is 0 Å². The van der Waals surface area contributed by atoms with Crippen LogP contribution in [0.3, 0.4) is 0 Å². The van der Waals surface area contributed by atoms with Crippen LogP contribution in [0.25, 0.3) is 0 Å². The molecule has 4 atom stereocenters. The zero-order valence-corrected chi connectivity index (χ0v) is 43.8. The summed E-state index contributed by atoms with van der Waals surface area (Å²) in [6, 6.07) is 66.4. The Balaban J connectivity index is 0.868. The first-order valence-corrected chi connectivity index (χ1v) is 27.4. The highest BCUT2D eigenvalue weighted by molar-refractivity contribution is 5.56. The van der Waals surface area contributed by atoms with E-state index in [1.165, 1.54) is 88.2 Å². The molecule has 0 N–H and O–H groups in total. The molecule has 8 saturated carbocycles. The maximum Gasteiger partial charge on any atom is 0.0264 e. The lowest BCUT2D eigenvalue weighted by molar-refractivity contribution is -0.128. The largest absolute Gasteiger partial charge is 0.0622 e. The molecule has 8 bridgehead atoms. The summed E-state index contributed by atoms with van der Waals surface area (Å²) in [5.74, 6) is 28.4. The Kier molecular flexibility index (Phi) is 10.8. The molecule has 15 rings (SSSR count). The topological polar surface area (TPSA) is 0 Å². The summed E-state index contributed by atoms with van der Waals surface area (Å²) in [5, 5.41) is 0. The summed E-state index contributed by atoms with van der Waals surface area (Å²) in [4.78, 5) is 0. The van der Waals surface area contributed by atoms with Crippen molar-refractivity contribution in [2.24, 2.45) is 21.7 Å². The van der Waals surface area contributed by atoms with Crippen molar-refractivity contribution in [2.45, 2.75) is 126 Å². The van der Waals surface area contributed by atoms with E-state index in [-0.39, 0.29) is 43.3 Å². The van der Waals surface area contributed by atoms with Crippen LogP contribution >= 0.6 is 0 Å². The standard InChI is InChI=1S/C74H66/c1-67-43-68(2)46-71(45-67,53-73(49-67,50-68)65-39-59(29-25-55-17-9-5-10-18-55)37-60(40-65)30-26-56-19-11-6-12-20-56)63-33-35-64(36-34-63)72-47-69(3)44-70(4,48-72)52-74(51-69,54-72)66-41-61(31-27-57-21-13-7-14-22-57)38-62(42-66)32-28-58-23-15-8-16-24-58/h5-24,33-42H,43-54H2,1-4H3. The molecule has 4 unspecified atom stereocenters. The zero-order chi connectivity index (χ0) is 50.3. The van der Waals surface area contributed by atoms with Crippen LogP contribution < -0.4 is 0 Å². The highest BCUT2D eigenvalue weighted by atomic mass is 14.7. The van der Waals surface area contributed by atoms with Crippen LogP contribution in [0.15, 0.2) is 182 Å². The lowest BCUT2D eigenvalue weighted by Crippen LogP contribution is -2.63. The Hall–Kier alpha value is -7.22. The van der Waals surface area contributed by atoms with E-state index < -0.39 is 0 Å². The minimum atomic E-state index is 0.0460. The second kappa shape index (κ2) is 17.2. The van der Waals surface area contributed by atoms with Gasteiger partial charge in [0.1, 0.15) is 0 Å². The number of hydrogen-bond acceptors (Lipinski definition) is 0. The second-order valence-electron chi connectivity index (χ2n) is 26.1. The van der Waals surface area contributed by atoms with Gasteiger partial charge in [-0.3, -0.25) is 0 Å². The fraction of sp³-hybridized carbons (Fsp3) is 0.324. The van der Waals surface area contributed by atoms with Crippen molar-refractivity contribution in [2.75, 3.05) is 0 Å². The summed E-state index contributed by atoms with van der Waals surface area (Å²) >= 11 is 0. The molecule has 0 aliphatic heterocycles. The summed E-state index contributed by atoms with van der Waals surface area (Å²) < 4.78 is 0. The third kappa shape index (κ3) is 8.63. The molecule has 0 amide bonds. The van der Waals surface area contributed by atoms with Crippen LogP contribution in [-0.2, 0) is 21.7 Å². The molecule has 7 aromatic rings. The SMILES string of the molecule is CC12CC3(C)CC(c4ccc(C56CC7(C)CC(C)(C5)CC(c5cc(C#Cc8ccccc8)cc(C#Cc8ccccc8)c5)(C7)C6)cc4)(C1)CC(c1cc(C#Cc4ccccc4)cc(C#Cc4ccccc4)c1)(C2)C3. The van der Waals surface area contributed by atoms with E-state index in [2.05, 4.69) is 257 Å². The first-order valence-electron chi connectivity index (χ1n) is 27.4. The van der Waals surface area contributed by atoms with Crippen LogP contribution in [0.2, 0.25) is 0 Å².